The van der Waals surface area contributed by atoms with Crippen molar-refractivity contribution in [3.05, 3.63) is 39.9 Å². The minimum absolute atomic E-state index is 0.00569. The van der Waals surface area contributed by atoms with Gasteiger partial charge in [0, 0.05) is 12.3 Å². The Bertz CT molecular complexity index is 443. The monoisotopic (exact) mass is 235 g/mol. The Morgan fingerprint density at radius 3 is 2.88 bits per heavy atom. The van der Waals surface area contributed by atoms with E-state index >= 15 is 0 Å². The molecule has 6 nitrogen and oxygen atoms in total. The van der Waals surface area contributed by atoms with E-state index in [1.54, 1.807) is 12.3 Å². The SMILES string of the molecule is CCC/C=N/NC(=O)c1ccccc1[N+](=O)[O-]. The number of para-hydroxylation sites is 1. The standard InChI is InChI=1S/C11H13N3O3/c1-2-3-8-12-13-11(15)9-6-4-5-7-10(9)14(16)17/h4-8H,2-3H2,1H3,(H,13,15)/b12-8+. The maximum absolute atomic E-state index is 11.6. The van der Waals surface area contributed by atoms with Gasteiger partial charge in [-0.1, -0.05) is 25.5 Å². The summed E-state index contributed by atoms with van der Waals surface area (Å²) >= 11 is 0. The average molecular weight is 235 g/mol. The Balaban J connectivity index is 2.78. The molecule has 0 spiro atoms. The molecule has 0 fully saturated rings. The highest BCUT2D eigenvalue weighted by atomic mass is 16.6. The van der Waals surface area contributed by atoms with Gasteiger partial charge in [-0.15, -0.1) is 0 Å². The minimum Gasteiger partial charge on any atom is -0.267 e. The zero-order valence-corrected chi connectivity index (χ0v) is 9.42. The van der Waals surface area contributed by atoms with Crippen molar-refractivity contribution in [2.45, 2.75) is 19.8 Å². The number of nitrogens with one attached hydrogen (secondary N) is 1. The van der Waals surface area contributed by atoms with Gasteiger partial charge in [-0.3, -0.25) is 14.9 Å². The summed E-state index contributed by atoms with van der Waals surface area (Å²) in [7, 11) is 0. The number of unbranched alkanes of at least 4 members (excludes halogenated alkanes) is 1. The van der Waals surface area contributed by atoms with Crippen LogP contribution in [0, 0.1) is 10.1 Å². The summed E-state index contributed by atoms with van der Waals surface area (Å²) in [5.41, 5.74) is 2.03. The first-order valence-electron chi connectivity index (χ1n) is 5.22. The van der Waals surface area contributed by atoms with E-state index in [0.717, 1.165) is 12.8 Å². The number of nitrogens with zero attached hydrogens (tertiary/aromatic N) is 2. The summed E-state index contributed by atoms with van der Waals surface area (Å²) in [6, 6.07) is 5.75. The first kappa shape index (κ1) is 12.8. The largest absolute Gasteiger partial charge is 0.282 e. The molecule has 6 heteroatoms. The van der Waals surface area contributed by atoms with E-state index in [9.17, 15) is 14.9 Å². The van der Waals surface area contributed by atoms with Crippen molar-refractivity contribution in [1.82, 2.24) is 5.43 Å². The highest BCUT2D eigenvalue weighted by Gasteiger charge is 2.18. The maximum atomic E-state index is 11.6. The van der Waals surface area contributed by atoms with E-state index in [-0.39, 0.29) is 11.3 Å². The molecule has 1 rings (SSSR count). The van der Waals surface area contributed by atoms with Crippen LogP contribution in [0.25, 0.3) is 0 Å². The first-order valence-corrected chi connectivity index (χ1v) is 5.22. The summed E-state index contributed by atoms with van der Waals surface area (Å²) in [5.74, 6) is -0.579. The van der Waals surface area contributed by atoms with Crippen molar-refractivity contribution in [3.63, 3.8) is 0 Å². The van der Waals surface area contributed by atoms with Crippen LogP contribution in [0.1, 0.15) is 30.1 Å². The summed E-state index contributed by atoms with van der Waals surface area (Å²) in [4.78, 5) is 21.7. The molecule has 0 aliphatic carbocycles. The molecule has 90 valence electrons. The summed E-state index contributed by atoms with van der Waals surface area (Å²) < 4.78 is 0. The van der Waals surface area contributed by atoms with Gasteiger partial charge in [-0.25, -0.2) is 5.43 Å². The number of carbonyl (C=O) groups is 1. The molecular weight excluding hydrogens is 222 g/mol. The molecule has 0 radical (unpaired) electrons. The predicted octanol–water partition coefficient (Wildman–Crippen LogP) is 2.11. The molecule has 0 bridgehead atoms. The van der Waals surface area contributed by atoms with Gasteiger partial charge in [-0.2, -0.15) is 5.10 Å². The molecule has 1 amide bonds. The molecule has 0 aliphatic rings. The molecular formula is C11H13N3O3. The summed E-state index contributed by atoms with van der Waals surface area (Å²) in [6.07, 6.45) is 3.23. The lowest BCUT2D eigenvalue weighted by Crippen LogP contribution is -2.18. The molecule has 0 atom stereocenters. The van der Waals surface area contributed by atoms with E-state index in [2.05, 4.69) is 10.5 Å². The Morgan fingerprint density at radius 1 is 1.53 bits per heavy atom. The van der Waals surface area contributed by atoms with Gasteiger partial charge in [0.15, 0.2) is 0 Å². The Labute approximate surface area is 98.5 Å². The van der Waals surface area contributed by atoms with Crippen molar-refractivity contribution in [1.29, 1.82) is 0 Å². The van der Waals surface area contributed by atoms with E-state index in [1.165, 1.54) is 18.2 Å². The molecule has 1 N–H and O–H groups in total. The second kappa shape index (κ2) is 6.37. The third kappa shape index (κ3) is 3.67. The minimum atomic E-state index is -0.593. The van der Waals surface area contributed by atoms with Crippen molar-refractivity contribution in [2.24, 2.45) is 5.10 Å². The number of rotatable bonds is 5. The van der Waals surface area contributed by atoms with Crippen LogP contribution in [0.3, 0.4) is 0 Å². The van der Waals surface area contributed by atoms with E-state index in [4.69, 9.17) is 0 Å². The molecule has 1 aromatic carbocycles. The van der Waals surface area contributed by atoms with Crippen LogP contribution in [0.4, 0.5) is 5.69 Å². The molecule has 1 aromatic rings. The number of carbonyl (C=O) groups excluding carboxylic acids is 1. The number of nitro benzene ring substituents is 1. The third-order valence-electron chi connectivity index (χ3n) is 2.02. The van der Waals surface area contributed by atoms with E-state index < -0.39 is 10.8 Å². The molecule has 0 saturated carbocycles. The molecule has 0 unspecified atom stereocenters. The van der Waals surface area contributed by atoms with Crippen molar-refractivity contribution in [3.8, 4) is 0 Å². The Morgan fingerprint density at radius 2 is 2.24 bits per heavy atom. The van der Waals surface area contributed by atoms with Crippen molar-refractivity contribution < 1.29 is 9.72 Å². The van der Waals surface area contributed by atoms with Gasteiger partial charge in [0.05, 0.1) is 4.92 Å². The van der Waals surface area contributed by atoms with Crippen LogP contribution >= 0.6 is 0 Å². The number of hydrogen-bond acceptors (Lipinski definition) is 4. The van der Waals surface area contributed by atoms with Crippen molar-refractivity contribution >= 4 is 17.8 Å². The highest BCUT2D eigenvalue weighted by Crippen LogP contribution is 2.16. The third-order valence-corrected chi connectivity index (χ3v) is 2.02. The van der Waals surface area contributed by atoms with Crippen LogP contribution in [0.15, 0.2) is 29.4 Å². The number of amides is 1. The lowest BCUT2D eigenvalue weighted by Gasteiger charge is -2.00. The van der Waals surface area contributed by atoms with Gasteiger partial charge < -0.3 is 0 Å². The quantitative estimate of drug-likeness (QED) is 0.482. The van der Waals surface area contributed by atoms with Gasteiger partial charge in [0.1, 0.15) is 5.56 Å². The van der Waals surface area contributed by atoms with Gasteiger partial charge in [0.2, 0.25) is 0 Å². The molecule has 0 heterocycles. The Hall–Kier alpha value is -2.24. The van der Waals surface area contributed by atoms with Gasteiger partial charge in [-0.05, 0) is 12.5 Å². The summed E-state index contributed by atoms with van der Waals surface area (Å²) in [6.45, 7) is 1.98. The number of hydrazone groups is 1. The Kier molecular flexibility index (Phi) is 4.80. The lowest BCUT2D eigenvalue weighted by molar-refractivity contribution is -0.385. The van der Waals surface area contributed by atoms with E-state index in [1.807, 2.05) is 6.92 Å². The van der Waals surface area contributed by atoms with Gasteiger partial charge >= 0.3 is 0 Å². The van der Waals surface area contributed by atoms with Crippen molar-refractivity contribution in [2.75, 3.05) is 0 Å². The lowest BCUT2D eigenvalue weighted by atomic mass is 10.2. The number of hydrogen-bond donors (Lipinski definition) is 1. The van der Waals surface area contributed by atoms with Crippen LogP contribution < -0.4 is 5.43 Å². The zero-order chi connectivity index (χ0) is 12.7. The fourth-order valence-electron chi connectivity index (χ4n) is 1.18. The normalized spacial score (nSPS) is 10.4. The van der Waals surface area contributed by atoms with Crippen LogP contribution in [0.2, 0.25) is 0 Å². The smallest absolute Gasteiger partial charge is 0.267 e. The molecule has 17 heavy (non-hydrogen) atoms. The number of benzene rings is 1. The van der Waals surface area contributed by atoms with Crippen LogP contribution in [-0.2, 0) is 0 Å². The predicted molar refractivity (Wildman–Crippen MR) is 64.0 cm³/mol. The van der Waals surface area contributed by atoms with E-state index in [0.29, 0.717) is 0 Å². The highest BCUT2D eigenvalue weighted by molar-refractivity contribution is 5.98. The first-order chi connectivity index (χ1) is 8.16. The second-order valence-electron chi connectivity index (χ2n) is 3.32. The second-order valence-corrected chi connectivity index (χ2v) is 3.32. The van der Waals surface area contributed by atoms with Crippen LogP contribution in [-0.4, -0.2) is 17.0 Å². The average Bonchev–Trinajstić information content (AvgIpc) is 2.34. The maximum Gasteiger partial charge on any atom is 0.282 e. The molecule has 0 saturated heterocycles. The van der Waals surface area contributed by atoms with Crippen LogP contribution in [0.5, 0.6) is 0 Å². The summed E-state index contributed by atoms with van der Waals surface area (Å²) in [5, 5.41) is 14.4. The fourth-order valence-corrected chi connectivity index (χ4v) is 1.18. The number of nitro groups is 1. The fraction of sp³-hybridized carbons (Fsp3) is 0.273. The molecule has 0 aromatic heterocycles. The molecule has 0 aliphatic heterocycles. The topological polar surface area (TPSA) is 84.6 Å². The van der Waals surface area contributed by atoms with Gasteiger partial charge in [0.25, 0.3) is 11.6 Å². The zero-order valence-electron chi connectivity index (χ0n) is 9.42.